The van der Waals surface area contributed by atoms with Crippen LogP contribution in [0.3, 0.4) is 0 Å². The molecule has 0 radical (unpaired) electrons. The first kappa shape index (κ1) is 14.9. The summed E-state index contributed by atoms with van der Waals surface area (Å²) in [5.41, 5.74) is 0. The fourth-order valence-corrected chi connectivity index (χ4v) is 3.37. The zero-order valence-corrected chi connectivity index (χ0v) is 13.7. The fourth-order valence-electron chi connectivity index (χ4n) is 2.76. The van der Waals surface area contributed by atoms with Crippen LogP contribution in [0.4, 0.5) is 9.80 Å². The van der Waals surface area contributed by atoms with E-state index in [1.54, 1.807) is 18.4 Å². The second kappa shape index (κ2) is 6.48. The highest BCUT2D eigenvalue weighted by Crippen LogP contribution is 2.29. The molecule has 0 spiro atoms. The molecular weight excluding hydrogens is 328 g/mol. The van der Waals surface area contributed by atoms with E-state index in [0.717, 1.165) is 17.8 Å². The zero-order chi connectivity index (χ0) is 16.4. The Morgan fingerprint density at radius 2 is 2.12 bits per heavy atom. The van der Waals surface area contributed by atoms with Crippen molar-refractivity contribution in [1.82, 2.24) is 15.1 Å². The molecule has 1 saturated heterocycles. The molecule has 0 saturated carbocycles. The summed E-state index contributed by atoms with van der Waals surface area (Å²) in [5.74, 6) is 1.75. The first-order valence-corrected chi connectivity index (χ1v) is 8.64. The fraction of sp³-hybridized carbons (Fsp3) is 0.312. The molecule has 0 bridgehead atoms. The molecule has 1 aliphatic rings. The Bertz CT molecular complexity index is 789. The summed E-state index contributed by atoms with van der Waals surface area (Å²) in [6.45, 7) is 1.33. The third-order valence-corrected chi connectivity index (χ3v) is 4.84. The molecule has 3 aromatic heterocycles. The van der Waals surface area contributed by atoms with Crippen molar-refractivity contribution in [2.45, 2.75) is 18.8 Å². The summed E-state index contributed by atoms with van der Waals surface area (Å²) in [6.07, 6.45) is 3.18. The van der Waals surface area contributed by atoms with Crippen molar-refractivity contribution in [2.75, 3.05) is 18.4 Å². The number of likely N-dealkylation sites (tertiary alicyclic amines) is 1. The topological polar surface area (TPSA) is 84.4 Å². The van der Waals surface area contributed by atoms with Crippen molar-refractivity contribution in [3.63, 3.8) is 0 Å². The molecule has 3 aromatic rings. The van der Waals surface area contributed by atoms with E-state index in [9.17, 15) is 4.79 Å². The molecule has 1 N–H and O–H groups in total. The van der Waals surface area contributed by atoms with Gasteiger partial charge in [0.25, 0.3) is 5.89 Å². The Morgan fingerprint density at radius 1 is 1.25 bits per heavy atom. The van der Waals surface area contributed by atoms with Crippen LogP contribution in [0.5, 0.6) is 0 Å². The second-order valence-corrected chi connectivity index (χ2v) is 6.54. The van der Waals surface area contributed by atoms with Gasteiger partial charge in [0.1, 0.15) is 0 Å². The first-order chi connectivity index (χ1) is 11.8. The van der Waals surface area contributed by atoms with Crippen molar-refractivity contribution >= 4 is 22.4 Å². The number of carbonyl (C=O) groups excluding carboxylic acids is 1. The Labute approximate surface area is 142 Å². The summed E-state index contributed by atoms with van der Waals surface area (Å²) < 4.78 is 11.0. The molecule has 4 rings (SSSR count). The van der Waals surface area contributed by atoms with Crippen LogP contribution in [0, 0.1) is 0 Å². The van der Waals surface area contributed by atoms with E-state index in [1.807, 2.05) is 22.4 Å². The maximum absolute atomic E-state index is 12.2. The van der Waals surface area contributed by atoms with Crippen molar-refractivity contribution in [3.8, 4) is 11.7 Å². The molecule has 7 nitrogen and oxygen atoms in total. The lowest BCUT2D eigenvalue weighted by molar-refractivity contribution is 0.190. The number of aromatic nitrogens is 2. The number of piperidine rings is 1. The summed E-state index contributed by atoms with van der Waals surface area (Å²) in [5, 5.41) is 13.9. The predicted molar refractivity (Wildman–Crippen MR) is 88.9 cm³/mol. The number of hydrogen-bond donors (Lipinski definition) is 1. The summed E-state index contributed by atoms with van der Waals surface area (Å²) in [4.78, 5) is 14.0. The third-order valence-electron chi connectivity index (χ3n) is 4.06. The van der Waals surface area contributed by atoms with Crippen LogP contribution in [0.25, 0.3) is 11.7 Å². The van der Waals surface area contributed by atoms with Gasteiger partial charge in [-0.05, 0) is 42.5 Å². The van der Waals surface area contributed by atoms with Gasteiger partial charge in [-0.3, -0.25) is 5.32 Å². The molecule has 4 heterocycles. The zero-order valence-electron chi connectivity index (χ0n) is 12.8. The standard InChI is InChI=1S/C16H16N4O3S/c21-16(17-13-4-2-10-24-13)20-7-5-11(6-8-20)14-18-19-15(23-14)12-3-1-9-22-12/h1-4,9-11H,5-8H2,(H,17,21). The lowest BCUT2D eigenvalue weighted by Crippen LogP contribution is -2.40. The number of nitrogens with zero attached hydrogens (tertiary/aromatic N) is 3. The van der Waals surface area contributed by atoms with E-state index in [4.69, 9.17) is 8.83 Å². The van der Waals surface area contributed by atoms with Gasteiger partial charge in [0.2, 0.25) is 5.89 Å². The number of furan rings is 1. The van der Waals surface area contributed by atoms with Gasteiger partial charge in [-0.1, -0.05) is 0 Å². The van der Waals surface area contributed by atoms with E-state index in [-0.39, 0.29) is 11.9 Å². The van der Waals surface area contributed by atoms with E-state index in [0.29, 0.717) is 30.6 Å². The molecule has 1 fully saturated rings. The molecule has 124 valence electrons. The molecule has 1 aliphatic heterocycles. The molecule has 8 heteroatoms. The number of anilines is 1. The molecular formula is C16H16N4O3S. The van der Waals surface area contributed by atoms with E-state index in [1.165, 1.54) is 11.3 Å². The monoisotopic (exact) mass is 344 g/mol. The average Bonchev–Trinajstić information content (AvgIpc) is 3.36. The van der Waals surface area contributed by atoms with Crippen LogP contribution in [-0.2, 0) is 0 Å². The van der Waals surface area contributed by atoms with Gasteiger partial charge < -0.3 is 13.7 Å². The summed E-state index contributed by atoms with van der Waals surface area (Å²) in [7, 11) is 0. The maximum atomic E-state index is 12.2. The lowest BCUT2D eigenvalue weighted by Gasteiger charge is -2.30. The van der Waals surface area contributed by atoms with E-state index >= 15 is 0 Å². The van der Waals surface area contributed by atoms with E-state index < -0.39 is 0 Å². The highest BCUT2D eigenvalue weighted by Gasteiger charge is 2.28. The average molecular weight is 344 g/mol. The van der Waals surface area contributed by atoms with Crippen LogP contribution in [0.1, 0.15) is 24.7 Å². The third kappa shape index (κ3) is 3.05. The Kier molecular flexibility index (Phi) is 4.04. The van der Waals surface area contributed by atoms with Crippen molar-refractivity contribution < 1.29 is 13.6 Å². The Morgan fingerprint density at radius 3 is 2.83 bits per heavy atom. The molecule has 0 aliphatic carbocycles. The van der Waals surface area contributed by atoms with Crippen LogP contribution in [0.2, 0.25) is 0 Å². The highest BCUT2D eigenvalue weighted by molar-refractivity contribution is 7.14. The molecule has 0 unspecified atom stereocenters. The van der Waals surface area contributed by atoms with Crippen molar-refractivity contribution in [1.29, 1.82) is 0 Å². The van der Waals surface area contributed by atoms with Crippen molar-refractivity contribution in [2.24, 2.45) is 0 Å². The number of rotatable bonds is 3. The van der Waals surface area contributed by atoms with Crippen molar-refractivity contribution in [3.05, 3.63) is 41.8 Å². The molecule has 2 amide bonds. The molecule has 0 aromatic carbocycles. The summed E-state index contributed by atoms with van der Waals surface area (Å²) >= 11 is 1.51. The second-order valence-electron chi connectivity index (χ2n) is 5.59. The Balaban J connectivity index is 1.35. The first-order valence-electron chi connectivity index (χ1n) is 7.76. The lowest BCUT2D eigenvalue weighted by atomic mass is 9.97. The van der Waals surface area contributed by atoms with Gasteiger partial charge in [0.15, 0.2) is 5.76 Å². The van der Waals surface area contributed by atoms with Gasteiger partial charge in [0.05, 0.1) is 11.3 Å². The van der Waals surface area contributed by atoms with Gasteiger partial charge in [-0.2, -0.15) is 0 Å². The molecule has 0 atom stereocenters. The maximum Gasteiger partial charge on any atom is 0.322 e. The predicted octanol–water partition coefficient (Wildman–Crippen LogP) is 3.80. The number of nitrogens with one attached hydrogen (secondary N) is 1. The largest absolute Gasteiger partial charge is 0.459 e. The van der Waals surface area contributed by atoms with Gasteiger partial charge in [-0.25, -0.2) is 4.79 Å². The summed E-state index contributed by atoms with van der Waals surface area (Å²) in [6, 6.07) is 7.32. The Hall–Kier alpha value is -2.61. The van der Waals surface area contributed by atoms with Crippen LogP contribution in [0.15, 0.2) is 44.7 Å². The quantitative estimate of drug-likeness (QED) is 0.781. The number of urea groups is 1. The molecule has 24 heavy (non-hydrogen) atoms. The minimum Gasteiger partial charge on any atom is -0.459 e. The van der Waals surface area contributed by atoms with Gasteiger partial charge in [-0.15, -0.1) is 21.5 Å². The number of hydrogen-bond acceptors (Lipinski definition) is 6. The van der Waals surface area contributed by atoms with Gasteiger partial charge in [0, 0.05) is 19.0 Å². The van der Waals surface area contributed by atoms with Gasteiger partial charge >= 0.3 is 6.03 Å². The minimum absolute atomic E-state index is 0.0577. The van der Waals surface area contributed by atoms with Crippen LogP contribution in [-0.4, -0.2) is 34.2 Å². The normalized spacial score (nSPS) is 15.6. The smallest absolute Gasteiger partial charge is 0.322 e. The minimum atomic E-state index is -0.0577. The number of amides is 2. The SMILES string of the molecule is O=C(Nc1cccs1)N1CCC(c2nnc(-c3ccco3)o2)CC1. The van der Waals surface area contributed by atoms with E-state index in [2.05, 4.69) is 15.5 Å². The van der Waals surface area contributed by atoms with Crippen LogP contribution < -0.4 is 5.32 Å². The number of thiophene rings is 1. The number of carbonyl (C=O) groups is 1. The van der Waals surface area contributed by atoms with Crippen LogP contribution >= 0.6 is 11.3 Å². The highest BCUT2D eigenvalue weighted by atomic mass is 32.1.